The lowest BCUT2D eigenvalue weighted by atomic mass is 10.2. The zero-order valence-electron chi connectivity index (χ0n) is 16.4. The van der Waals surface area contributed by atoms with E-state index in [0.29, 0.717) is 23.9 Å². The molecule has 2 heterocycles. The van der Waals surface area contributed by atoms with E-state index in [0.717, 1.165) is 33.3 Å². The number of ketones is 1. The standard InChI is InChI=1S/C23H22ClNO3S/c1-15-11-20(21(26)14-29-19-9-7-17(24)8-10-19)16(2)25(15)12-18-13-27-22-5-3-4-6-23(22)28-18/h3-11,18H,12-14H2,1-2H3. The first-order valence-corrected chi connectivity index (χ1v) is 10.8. The molecule has 1 aromatic heterocycles. The summed E-state index contributed by atoms with van der Waals surface area (Å²) in [5.74, 6) is 2.06. The molecule has 0 fully saturated rings. The Balaban J connectivity index is 1.43. The second kappa shape index (κ2) is 8.56. The van der Waals surface area contributed by atoms with Gasteiger partial charge in [-0.15, -0.1) is 11.8 Å². The van der Waals surface area contributed by atoms with Gasteiger partial charge in [-0.1, -0.05) is 23.7 Å². The number of hydrogen-bond acceptors (Lipinski definition) is 4. The number of Topliss-reactive ketones (excluding diaryl/α,β-unsaturated/α-hetero) is 1. The van der Waals surface area contributed by atoms with Gasteiger partial charge in [-0.3, -0.25) is 4.79 Å². The summed E-state index contributed by atoms with van der Waals surface area (Å²) in [5, 5.41) is 0.695. The van der Waals surface area contributed by atoms with Crippen LogP contribution in [0.4, 0.5) is 0 Å². The first-order valence-electron chi connectivity index (χ1n) is 9.48. The summed E-state index contributed by atoms with van der Waals surface area (Å²) in [5.41, 5.74) is 2.78. The molecule has 6 heteroatoms. The van der Waals surface area contributed by atoms with Crippen LogP contribution in [0.2, 0.25) is 5.02 Å². The smallest absolute Gasteiger partial charge is 0.174 e. The van der Waals surface area contributed by atoms with Gasteiger partial charge in [0.25, 0.3) is 0 Å². The molecule has 1 unspecified atom stereocenters. The van der Waals surface area contributed by atoms with Crippen molar-refractivity contribution in [3.63, 3.8) is 0 Å². The fraction of sp³-hybridized carbons (Fsp3) is 0.261. The van der Waals surface area contributed by atoms with Crippen LogP contribution >= 0.6 is 23.4 Å². The number of aryl methyl sites for hydroxylation is 1. The number of rotatable bonds is 6. The van der Waals surface area contributed by atoms with Gasteiger partial charge < -0.3 is 14.0 Å². The second-order valence-corrected chi connectivity index (χ2v) is 8.54. The molecule has 4 rings (SSSR count). The zero-order valence-corrected chi connectivity index (χ0v) is 17.9. The van der Waals surface area contributed by atoms with Crippen molar-refractivity contribution in [2.24, 2.45) is 0 Å². The molecule has 3 aromatic rings. The number of aromatic nitrogens is 1. The number of fused-ring (bicyclic) bond motifs is 1. The van der Waals surface area contributed by atoms with Crippen molar-refractivity contribution >= 4 is 29.1 Å². The molecule has 2 aromatic carbocycles. The quantitative estimate of drug-likeness (QED) is 0.380. The minimum atomic E-state index is -0.0962. The van der Waals surface area contributed by atoms with E-state index in [1.807, 2.05) is 68.4 Å². The van der Waals surface area contributed by atoms with Crippen LogP contribution in [0.1, 0.15) is 21.7 Å². The Morgan fingerprint density at radius 2 is 1.86 bits per heavy atom. The number of halogens is 1. The predicted octanol–water partition coefficient (Wildman–Crippen LogP) is 5.57. The third-order valence-corrected chi connectivity index (χ3v) is 6.28. The Morgan fingerprint density at radius 3 is 2.62 bits per heavy atom. The molecule has 0 saturated heterocycles. The Hall–Kier alpha value is -2.37. The lowest BCUT2D eigenvalue weighted by Crippen LogP contribution is -2.33. The monoisotopic (exact) mass is 427 g/mol. The van der Waals surface area contributed by atoms with Crippen molar-refractivity contribution in [3.05, 3.63) is 76.6 Å². The van der Waals surface area contributed by atoms with Gasteiger partial charge in [0.05, 0.1) is 12.3 Å². The van der Waals surface area contributed by atoms with Crippen LogP contribution in [-0.2, 0) is 6.54 Å². The molecule has 0 N–H and O–H groups in total. The number of carbonyl (C=O) groups is 1. The molecular weight excluding hydrogens is 406 g/mol. The summed E-state index contributed by atoms with van der Waals surface area (Å²) in [4.78, 5) is 13.8. The average molecular weight is 428 g/mol. The van der Waals surface area contributed by atoms with Crippen molar-refractivity contribution in [1.82, 2.24) is 4.57 Å². The molecule has 4 nitrogen and oxygen atoms in total. The van der Waals surface area contributed by atoms with Gasteiger partial charge in [-0.25, -0.2) is 0 Å². The van der Waals surface area contributed by atoms with Crippen LogP contribution in [-0.4, -0.2) is 28.8 Å². The molecule has 29 heavy (non-hydrogen) atoms. The van der Waals surface area contributed by atoms with Crippen LogP contribution in [0.5, 0.6) is 11.5 Å². The fourth-order valence-electron chi connectivity index (χ4n) is 3.48. The SMILES string of the molecule is Cc1cc(C(=O)CSc2ccc(Cl)cc2)c(C)n1CC1COc2ccccc2O1. The molecule has 0 amide bonds. The van der Waals surface area contributed by atoms with E-state index in [1.165, 1.54) is 11.8 Å². The summed E-state index contributed by atoms with van der Waals surface area (Å²) in [6.07, 6.45) is -0.0962. The molecular formula is C23H22ClNO3S. The number of thioether (sulfide) groups is 1. The van der Waals surface area contributed by atoms with Gasteiger partial charge in [-0.05, 0) is 56.3 Å². The van der Waals surface area contributed by atoms with E-state index in [9.17, 15) is 4.79 Å². The number of carbonyl (C=O) groups excluding carboxylic acids is 1. The van der Waals surface area contributed by atoms with Crippen LogP contribution in [0.25, 0.3) is 0 Å². The molecule has 150 valence electrons. The number of nitrogens with zero attached hydrogens (tertiary/aromatic N) is 1. The predicted molar refractivity (Wildman–Crippen MR) is 117 cm³/mol. The summed E-state index contributed by atoms with van der Waals surface area (Å²) in [7, 11) is 0. The molecule has 0 bridgehead atoms. The number of hydrogen-bond donors (Lipinski definition) is 0. The van der Waals surface area contributed by atoms with Crippen molar-refractivity contribution < 1.29 is 14.3 Å². The Bertz CT molecular complexity index is 1030. The number of para-hydroxylation sites is 2. The van der Waals surface area contributed by atoms with Crippen molar-refractivity contribution in [2.75, 3.05) is 12.4 Å². The third-order valence-electron chi connectivity index (χ3n) is 5.01. The minimum Gasteiger partial charge on any atom is -0.486 e. The molecule has 1 aliphatic heterocycles. The first-order chi connectivity index (χ1) is 14.0. The van der Waals surface area contributed by atoms with Gasteiger partial charge in [0, 0.05) is 26.9 Å². The lowest BCUT2D eigenvalue weighted by Gasteiger charge is -2.27. The highest BCUT2D eigenvalue weighted by atomic mass is 35.5. The van der Waals surface area contributed by atoms with Gasteiger partial charge in [-0.2, -0.15) is 0 Å². The van der Waals surface area contributed by atoms with Crippen molar-refractivity contribution in [3.8, 4) is 11.5 Å². The maximum Gasteiger partial charge on any atom is 0.174 e. The minimum absolute atomic E-state index is 0.0962. The summed E-state index contributed by atoms with van der Waals surface area (Å²) in [6.45, 7) is 5.14. The van der Waals surface area contributed by atoms with E-state index >= 15 is 0 Å². The number of ether oxygens (including phenoxy) is 2. The largest absolute Gasteiger partial charge is 0.486 e. The first kappa shape index (κ1) is 19.9. The van der Waals surface area contributed by atoms with Crippen LogP contribution in [0, 0.1) is 13.8 Å². The normalized spacial score (nSPS) is 15.3. The van der Waals surface area contributed by atoms with Gasteiger partial charge >= 0.3 is 0 Å². The van der Waals surface area contributed by atoms with Crippen molar-refractivity contribution in [2.45, 2.75) is 31.4 Å². The maximum absolute atomic E-state index is 12.8. The molecule has 0 radical (unpaired) electrons. The van der Waals surface area contributed by atoms with E-state index in [-0.39, 0.29) is 11.9 Å². The van der Waals surface area contributed by atoms with Gasteiger partial charge in [0.15, 0.2) is 23.4 Å². The summed E-state index contributed by atoms with van der Waals surface area (Å²) in [6, 6.07) is 17.2. The van der Waals surface area contributed by atoms with E-state index in [4.69, 9.17) is 21.1 Å². The molecule has 0 aliphatic carbocycles. The third kappa shape index (κ3) is 4.46. The Labute approximate surface area is 179 Å². The average Bonchev–Trinajstić information content (AvgIpc) is 3.01. The molecule has 0 saturated carbocycles. The highest BCUT2D eigenvalue weighted by Crippen LogP contribution is 2.32. The van der Waals surface area contributed by atoms with E-state index < -0.39 is 0 Å². The highest BCUT2D eigenvalue weighted by Gasteiger charge is 2.24. The van der Waals surface area contributed by atoms with Crippen molar-refractivity contribution in [1.29, 1.82) is 0 Å². The van der Waals surface area contributed by atoms with Gasteiger partial charge in [0.1, 0.15) is 6.61 Å². The summed E-state index contributed by atoms with van der Waals surface area (Å²) < 4.78 is 14.0. The molecule has 0 spiro atoms. The van der Waals surface area contributed by atoms with Crippen LogP contribution in [0.3, 0.4) is 0 Å². The lowest BCUT2D eigenvalue weighted by molar-refractivity contribution is 0.0777. The zero-order chi connectivity index (χ0) is 20.4. The highest BCUT2D eigenvalue weighted by molar-refractivity contribution is 8.00. The van der Waals surface area contributed by atoms with E-state index in [2.05, 4.69) is 4.57 Å². The summed E-state index contributed by atoms with van der Waals surface area (Å²) >= 11 is 7.44. The maximum atomic E-state index is 12.8. The van der Waals surface area contributed by atoms with Gasteiger partial charge in [0.2, 0.25) is 0 Å². The van der Waals surface area contributed by atoms with Crippen LogP contribution < -0.4 is 9.47 Å². The second-order valence-electron chi connectivity index (χ2n) is 7.06. The van der Waals surface area contributed by atoms with E-state index in [1.54, 1.807) is 0 Å². The number of benzene rings is 2. The topological polar surface area (TPSA) is 40.5 Å². The Kier molecular flexibility index (Phi) is 5.88. The van der Waals surface area contributed by atoms with Crippen LogP contribution in [0.15, 0.2) is 59.5 Å². The Morgan fingerprint density at radius 1 is 1.14 bits per heavy atom. The molecule has 1 aliphatic rings. The fourth-order valence-corrected chi connectivity index (χ4v) is 4.39. The molecule has 1 atom stereocenters.